The van der Waals surface area contributed by atoms with Gasteiger partial charge in [-0.25, -0.2) is 0 Å². The van der Waals surface area contributed by atoms with Crippen LogP contribution < -0.4 is 5.73 Å². The van der Waals surface area contributed by atoms with Crippen molar-refractivity contribution in [3.8, 4) is 0 Å². The molecule has 0 saturated heterocycles. The summed E-state index contributed by atoms with van der Waals surface area (Å²) in [6, 6.07) is -1.21. The van der Waals surface area contributed by atoms with Crippen LogP contribution in [0, 0.1) is 0 Å². The number of rotatable bonds is 4. The molecule has 0 heterocycles. The zero-order valence-electron chi connectivity index (χ0n) is 5.97. The van der Waals surface area contributed by atoms with Gasteiger partial charge in [-0.15, -0.1) is 0 Å². The molecule has 3 N–H and O–H groups in total. The fourth-order valence-electron chi connectivity index (χ4n) is 0.425. The van der Waals surface area contributed by atoms with Crippen molar-refractivity contribution in [2.75, 3.05) is 5.75 Å². The molecule has 12 heavy (non-hydrogen) atoms. The Morgan fingerprint density at radius 2 is 2.08 bits per heavy atom. The molecule has 0 rings (SSSR count). The van der Waals surface area contributed by atoms with E-state index in [2.05, 4.69) is 0 Å². The van der Waals surface area contributed by atoms with E-state index in [-0.39, 0.29) is 23.9 Å². The SMILES string of the molecule is N[C@H](CCSC(F)(F)F)C(=O)O. The highest BCUT2D eigenvalue weighted by Crippen LogP contribution is 2.30. The van der Waals surface area contributed by atoms with Crippen molar-refractivity contribution in [3.63, 3.8) is 0 Å². The summed E-state index contributed by atoms with van der Waals surface area (Å²) in [4.78, 5) is 10.0. The van der Waals surface area contributed by atoms with Gasteiger partial charge in [-0.2, -0.15) is 13.2 Å². The summed E-state index contributed by atoms with van der Waals surface area (Å²) in [7, 11) is 0. The average Bonchev–Trinajstić information content (AvgIpc) is 1.84. The molecule has 0 aliphatic rings. The maximum absolute atomic E-state index is 11.5. The Hall–Kier alpha value is -0.430. The van der Waals surface area contributed by atoms with Gasteiger partial charge in [0.15, 0.2) is 0 Å². The van der Waals surface area contributed by atoms with E-state index < -0.39 is 17.5 Å². The first-order chi connectivity index (χ1) is 5.33. The lowest BCUT2D eigenvalue weighted by atomic mass is 10.2. The Kier molecular flexibility index (Phi) is 4.40. The van der Waals surface area contributed by atoms with Crippen LogP contribution in [0.3, 0.4) is 0 Å². The number of aliphatic carboxylic acids is 1. The predicted molar refractivity (Wildman–Crippen MR) is 38.7 cm³/mol. The first-order valence-corrected chi connectivity index (χ1v) is 4.00. The summed E-state index contributed by atoms with van der Waals surface area (Å²) < 4.78 is 34.4. The number of nitrogens with two attached hydrogens (primary N) is 1. The van der Waals surface area contributed by atoms with Gasteiger partial charge >= 0.3 is 11.5 Å². The lowest BCUT2D eigenvalue weighted by molar-refractivity contribution is -0.138. The molecule has 0 amide bonds. The Labute approximate surface area is 71.1 Å². The minimum Gasteiger partial charge on any atom is -0.480 e. The van der Waals surface area contributed by atoms with E-state index in [0.717, 1.165) is 0 Å². The predicted octanol–water partition coefficient (Wildman–Crippen LogP) is 1.04. The van der Waals surface area contributed by atoms with Gasteiger partial charge < -0.3 is 10.8 Å². The molecule has 1 atom stereocenters. The summed E-state index contributed by atoms with van der Waals surface area (Å²) in [5, 5.41) is 8.20. The zero-order valence-corrected chi connectivity index (χ0v) is 6.78. The number of thioether (sulfide) groups is 1. The molecule has 0 aromatic heterocycles. The number of carbonyl (C=O) groups is 1. The molecule has 0 aliphatic carbocycles. The van der Waals surface area contributed by atoms with E-state index in [9.17, 15) is 18.0 Å². The zero-order chi connectivity index (χ0) is 9.78. The second kappa shape index (κ2) is 4.56. The number of halogens is 3. The van der Waals surface area contributed by atoms with Crippen LogP contribution in [0.5, 0.6) is 0 Å². The van der Waals surface area contributed by atoms with Crippen LogP contribution in [0.1, 0.15) is 6.42 Å². The molecule has 72 valence electrons. The van der Waals surface area contributed by atoms with Crippen LogP contribution in [0.4, 0.5) is 13.2 Å². The van der Waals surface area contributed by atoms with Crippen molar-refractivity contribution in [1.82, 2.24) is 0 Å². The van der Waals surface area contributed by atoms with Gasteiger partial charge in [0.1, 0.15) is 6.04 Å². The van der Waals surface area contributed by atoms with E-state index in [0.29, 0.717) is 0 Å². The second-order valence-electron chi connectivity index (χ2n) is 2.03. The van der Waals surface area contributed by atoms with Gasteiger partial charge in [-0.1, -0.05) is 11.8 Å². The number of carboxylic acids is 1. The van der Waals surface area contributed by atoms with Gasteiger partial charge in [0, 0.05) is 5.75 Å². The first-order valence-electron chi connectivity index (χ1n) is 3.02. The van der Waals surface area contributed by atoms with Crippen LogP contribution in [0.2, 0.25) is 0 Å². The van der Waals surface area contributed by atoms with Crippen LogP contribution >= 0.6 is 11.8 Å². The van der Waals surface area contributed by atoms with Crippen LogP contribution in [0.15, 0.2) is 0 Å². The highest BCUT2D eigenvalue weighted by Gasteiger charge is 2.28. The molecule has 0 unspecified atom stereocenters. The van der Waals surface area contributed by atoms with Gasteiger partial charge in [0.25, 0.3) is 0 Å². The Morgan fingerprint density at radius 1 is 1.58 bits per heavy atom. The van der Waals surface area contributed by atoms with Crippen LogP contribution in [-0.2, 0) is 4.79 Å². The van der Waals surface area contributed by atoms with E-state index in [1.54, 1.807) is 0 Å². The monoisotopic (exact) mass is 203 g/mol. The normalized spacial score (nSPS) is 14.3. The highest BCUT2D eigenvalue weighted by atomic mass is 32.2. The summed E-state index contributed by atoms with van der Waals surface area (Å²) in [6.07, 6.45) is -0.181. The van der Waals surface area contributed by atoms with Crippen molar-refractivity contribution >= 4 is 17.7 Å². The minimum absolute atomic E-state index is 0.181. The fourth-order valence-corrected chi connectivity index (χ4v) is 1.03. The van der Waals surface area contributed by atoms with Crippen molar-refractivity contribution in [3.05, 3.63) is 0 Å². The van der Waals surface area contributed by atoms with Crippen molar-refractivity contribution in [1.29, 1.82) is 0 Å². The third-order valence-electron chi connectivity index (χ3n) is 1.01. The summed E-state index contributed by atoms with van der Waals surface area (Å²) in [5.41, 5.74) is 0.658. The lowest BCUT2D eigenvalue weighted by Gasteiger charge is -2.07. The summed E-state index contributed by atoms with van der Waals surface area (Å²) in [5.74, 6) is -1.60. The second-order valence-corrected chi connectivity index (χ2v) is 3.19. The number of hydrogen-bond acceptors (Lipinski definition) is 3. The molecule has 0 radical (unpaired) electrons. The third kappa shape index (κ3) is 6.29. The number of carboxylic acid groups (broad SMARTS) is 1. The molecule has 3 nitrogen and oxygen atoms in total. The molecule has 0 fully saturated rings. The van der Waals surface area contributed by atoms with E-state index >= 15 is 0 Å². The van der Waals surface area contributed by atoms with Gasteiger partial charge in [-0.3, -0.25) is 4.79 Å². The molecule has 0 spiro atoms. The minimum atomic E-state index is -4.31. The molecule has 0 aromatic carbocycles. The Balaban J connectivity index is 3.51. The topological polar surface area (TPSA) is 63.3 Å². The Morgan fingerprint density at radius 3 is 2.42 bits per heavy atom. The maximum atomic E-state index is 11.5. The number of hydrogen-bond donors (Lipinski definition) is 2. The van der Waals surface area contributed by atoms with E-state index in [1.165, 1.54) is 0 Å². The van der Waals surface area contributed by atoms with Gasteiger partial charge in [0.05, 0.1) is 0 Å². The molecule has 0 aliphatic heterocycles. The molecular formula is C5H8F3NO2S. The van der Waals surface area contributed by atoms with E-state index in [4.69, 9.17) is 10.8 Å². The van der Waals surface area contributed by atoms with Gasteiger partial charge in [0.2, 0.25) is 0 Å². The van der Waals surface area contributed by atoms with Crippen molar-refractivity contribution in [2.45, 2.75) is 18.0 Å². The van der Waals surface area contributed by atoms with Crippen molar-refractivity contribution in [2.24, 2.45) is 5.73 Å². The fraction of sp³-hybridized carbons (Fsp3) is 0.800. The maximum Gasteiger partial charge on any atom is 0.441 e. The molecule has 0 saturated carbocycles. The van der Waals surface area contributed by atoms with Crippen molar-refractivity contribution < 1.29 is 23.1 Å². The summed E-state index contributed by atoms with van der Waals surface area (Å²) >= 11 is -0.264. The molecule has 0 bridgehead atoms. The Bertz CT molecular complexity index is 161. The van der Waals surface area contributed by atoms with Gasteiger partial charge in [-0.05, 0) is 6.42 Å². The molecule has 7 heteroatoms. The highest BCUT2D eigenvalue weighted by molar-refractivity contribution is 8.00. The standard InChI is InChI=1S/C5H8F3NO2S/c6-5(7,8)12-2-1-3(9)4(10)11/h3H,1-2,9H2,(H,10,11)/t3-/m1/s1. The van der Waals surface area contributed by atoms with Crippen LogP contribution in [0.25, 0.3) is 0 Å². The largest absolute Gasteiger partial charge is 0.480 e. The smallest absolute Gasteiger partial charge is 0.441 e. The van der Waals surface area contributed by atoms with E-state index in [1.807, 2.05) is 0 Å². The quantitative estimate of drug-likeness (QED) is 0.716. The summed E-state index contributed by atoms with van der Waals surface area (Å²) in [6.45, 7) is 0. The average molecular weight is 203 g/mol. The first kappa shape index (κ1) is 11.6. The van der Waals surface area contributed by atoms with Crippen LogP contribution in [-0.4, -0.2) is 28.4 Å². The molecule has 0 aromatic rings. The lowest BCUT2D eigenvalue weighted by Crippen LogP contribution is -2.30. The number of alkyl halides is 3. The molecular weight excluding hydrogens is 195 g/mol. The third-order valence-corrected chi connectivity index (χ3v) is 1.78.